The molecule has 0 aromatic carbocycles. The Balaban J connectivity index is 0.000000161. The highest BCUT2D eigenvalue weighted by atomic mass is 32.2. The summed E-state index contributed by atoms with van der Waals surface area (Å²) in [5.41, 5.74) is 0.595. The fourth-order valence-electron chi connectivity index (χ4n) is 4.85. The molecular formula is C22H38N2O2S2. The molecule has 0 aromatic rings. The molecule has 0 aromatic heterocycles. The van der Waals surface area contributed by atoms with Crippen LogP contribution in [0.15, 0.2) is 9.98 Å². The second kappa shape index (κ2) is 9.40. The van der Waals surface area contributed by atoms with Crippen molar-refractivity contribution in [3.8, 4) is 0 Å². The van der Waals surface area contributed by atoms with Crippen LogP contribution in [0.1, 0.15) is 68.2 Å². The Morgan fingerprint density at radius 3 is 1.36 bits per heavy atom. The van der Waals surface area contributed by atoms with Crippen LogP contribution in [-0.4, -0.2) is 45.3 Å². The molecule has 4 heterocycles. The summed E-state index contributed by atoms with van der Waals surface area (Å²) in [7, 11) is 0. The number of rotatable bonds is 2. The molecule has 160 valence electrons. The lowest BCUT2D eigenvalue weighted by molar-refractivity contribution is -0.0730. The standard InChI is InChI=1S/2C11H19NOS/c2*1-5-9-6(2)7(3)10-11(13-9)14-8(4)12-10/h2*6-7,9-11H,5H2,1-4H3/t6-,7+,9?,10?,11+;6-,7-,9?,10?,11-/m10/s1. The molecule has 0 bridgehead atoms. The van der Waals surface area contributed by atoms with Crippen LogP contribution in [-0.2, 0) is 9.47 Å². The Bertz CT molecular complexity index is 559. The average Bonchev–Trinajstić information content (AvgIpc) is 3.23. The molecule has 0 N–H and O–H groups in total. The molecule has 6 heteroatoms. The SMILES string of the molecule is CCC1O[C@H]2SC(C)=NC2[C@@H](C)[C@@H]1C.CCC1O[C@H]2SC(C)=NC2[C@@H](C)[C@H]1C. The van der Waals surface area contributed by atoms with E-state index in [9.17, 15) is 0 Å². The Kier molecular flexibility index (Phi) is 7.60. The number of aliphatic imine (C=N–C) groups is 2. The van der Waals surface area contributed by atoms with Crippen molar-refractivity contribution in [1.29, 1.82) is 0 Å². The number of fused-ring (bicyclic) bond motifs is 2. The van der Waals surface area contributed by atoms with Crippen LogP contribution >= 0.6 is 23.5 Å². The highest BCUT2D eigenvalue weighted by Gasteiger charge is 2.44. The van der Waals surface area contributed by atoms with Gasteiger partial charge < -0.3 is 9.47 Å². The quantitative estimate of drug-likeness (QED) is 0.555. The Morgan fingerprint density at radius 1 is 0.679 bits per heavy atom. The highest BCUT2D eigenvalue weighted by molar-refractivity contribution is 8.14. The van der Waals surface area contributed by atoms with Crippen LogP contribution in [0.5, 0.6) is 0 Å². The zero-order valence-electron chi connectivity index (χ0n) is 18.7. The Morgan fingerprint density at radius 2 is 1.04 bits per heavy atom. The van der Waals surface area contributed by atoms with Gasteiger partial charge in [-0.2, -0.15) is 0 Å². The van der Waals surface area contributed by atoms with Crippen molar-refractivity contribution in [2.75, 3.05) is 0 Å². The molecule has 28 heavy (non-hydrogen) atoms. The third kappa shape index (κ3) is 4.50. The minimum Gasteiger partial charge on any atom is -0.361 e. The number of nitrogens with zero attached hydrogens (tertiary/aromatic N) is 2. The fraction of sp³-hybridized carbons (Fsp3) is 0.909. The Labute approximate surface area is 180 Å². The first kappa shape index (κ1) is 22.6. The van der Waals surface area contributed by atoms with Crippen LogP contribution in [0.25, 0.3) is 0 Å². The fourth-order valence-corrected chi connectivity index (χ4v) is 7.18. The lowest BCUT2D eigenvalue weighted by Gasteiger charge is -2.40. The molecule has 0 spiro atoms. The lowest BCUT2D eigenvalue weighted by Crippen LogP contribution is -2.45. The average molecular weight is 427 g/mol. The van der Waals surface area contributed by atoms with Gasteiger partial charge >= 0.3 is 0 Å². The van der Waals surface area contributed by atoms with Crippen molar-refractivity contribution in [2.24, 2.45) is 33.7 Å². The number of thioether (sulfide) groups is 2. The van der Waals surface area contributed by atoms with Gasteiger partial charge in [0, 0.05) is 0 Å². The Hall–Kier alpha value is -0.0400. The molecule has 4 aliphatic rings. The molecule has 0 saturated carbocycles. The van der Waals surface area contributed by atoms with E-state index in [0.29, 0.717) is 58.8 Å². The predicted octanol–water partition coefficient (Wildman–Crippen LogP) is 5.85. The molecule has 2 fully saturated rings. The summed E-state index contributed by atoms with van der Waals surface area (Å²) in [5.74, 6) is 2.58. The third-order valence-electron chi connectivity index (χ3n) is 7.12. The molecule has 0 amide bonds. The van der Waals surface area contributed by atoms with Crippen LogP contribution < -0.4 is 0 Å². The topological polar surface area (TPSA) is 43.2 Å². The van der Waals surface area contributed by atoms with Crippen molar-refractivity contribution in [3.63, 3.8) is 0 Å². The van der Waals surface area contributed by atoms with E-state index in [1.807, 2.05) is 0 Å². The summed E-state index contributed by atoms with van der Waals surface area (Å²) in [6.07, 6.45) is 3.10. The zero-order valence-corrected chi connectivity index (χ0v) is 20.3. The molecule has 4 rings (SSSR count). The molecule has 4 aliphatic heterocycles. The van der Waals surface area contributed by atoms with Gasteiger partial charge in [-0.25, -0.2) is 0 Å². The normalized spacial score (nSPS) is 47.4. The van der Waals surface area contributed by atoms with E-state index < -0.39 is 0 Å². The minimum atomic E-state index is 0.297. The van der Waals surface area contributed by atoms with Crippen LogP contribution in [0, 0.1) is 23.7 Å². The van der Waals surface area contributed by atoms with E-state index in [4.69, 9.17) is 9.47 Å². The summed E-state index contributed by atoms with van der Waals surface area (Å²) in [4.78, 5) is 9.33. The highest BCUT2D eigenvalue weighted by Crippen LogP contribution is 2.43. The molecular weight excluding hydrogens is 388 g/mol. The summed E-state index contributed by atoms with van der Waals surface area (Å²) >= 11 is 3.60. The van der Waals surface area contributed by atoms with Crippen LogP contribution in [0.4, 0.5) is 0 Å². The van der Waals surface area contributed by atoms with E-state index in [-0.39, 0.29) is 0 Å². The van der Waals surface area contributed by atoms with Gasteiger partial charge in [0.25, 0.3) is 0 Å². The van der Waals surface area contributed by atoms with Crippen LogP contribution in [0.3, 0.4) is 0 Å². The molecule has 0 aliphatic carbocycles. The second-order valence-electron chi connectivity index (χ2n) is 8.85. The van der Waals surface area contributed by atoms with Gasteiger partial charge in [0.05, 0.1) is 34.4 Å². The number of ether oxygens (including phenoxy) is 2. The predicted molar refractivity (Wildman–Crippen MR) is 124 cm³/mol. The third-order valence-corrected chi connectivity index (χ3v) is 9.26. The summed E-state index contributed by atoms with van der Waals surface area (Å²) in [6.45, 7) is 17.8. The van der Waals surface area contributed by atoms with Gasteiger partial charge in [-0.3, -0.25) is 9.98 Å². The molecule has 4 nitrogen and oxygen atoms in total. The largest absolute Gasteiger partial charge is 0.361 e. The van der Waals surface area contributed by atoms with Crippen molar-refractivity contribution in [1.82, 2.24) is 0 Å². The molecule has 10 atom stereocenters. The first-order valence-electron chi connectivity index (χ1n) is 11.0. The van der Waals surface area contributed by atoms with E-state index >= 15 is 0 Å². The van der Waals surface area contributed by atoms with Gasteiger partial charge in [0.2, 0.25) is 0 Å². The maximum Gasteiger partial charge on any atom is 0.131 e. The molecule has 2 saturated heterocycles. The summed E-state index contributed by atoms with van der Waals surface area (Å²) in [6, 6.07) is 0.801. The lowest BCUT2D eigenvalue weighted by atomic mass is 9.82. The number of hydrogen-bond acceptors (Lipinski definition) is 6. The van der Waals surface area contributed by atoms with E-state index in [2.05, 4.69) is 65.4 Å². The van der Waals surface area contributed by atoms with E-state index in [1.54, 1.807) is 23.5 Å². The monoisotopic (exact) mass is 426 g/mol. The molecule has 0 radical (unpaired) electrons. The van der Waals surface area contributed by atoms with E-state index in [1.165, 1.54) is 10.1 Å². The second-order valence-corrected chi connectivity index (χ2v) is 11.4. The number of hydrogen-bond donors (Lipinski definition) is 0. The van der Waals surface area contributed by atoms with E-state index in [0.717, 1.165) is 12.8 Å². The summed E-state index contributed by atoms with van der Waals surface area (Å²) < 4.78 is 12.1. The van der Waals surface area contributed by atoms with Crippen molar-refractivity contribution in [3.05, 3.63) is 0 Å². The van der Waals surface area contributed by atoms with Crippen molar-refractivity contribution in [2.45, 2.75) is 103 Å². The van der Waals surface area contributed by atoms with Gasteiger partial charge in [-0.1, -0.05) is 65.1 Å². The maximum absolute atomic E-state index is 6.06. The van der Waals surface area contributed by atoms with Crippen molar-refractivity contribution < 1.29 is 9.47 Å². The van der Waals surface area contributed by atoms with Gasteiger partial charge in [-0.05, 0) is 50.4 Å². The minimum absolute atomic E-state index is 0.297. The van der Waals surface area contributed by atoms with Gasteiger partial charge in [0.1, 0.15) is 10.9 Å². The molecule has 4 unspecified atom stereocenters. The smallest absolute Gasteiger partial charge is 0.131 e. The summed E-state index contributed by atoms with van der Waals surface area (Å²) in [5, 5.41) is 2.38. The van der Waals surface area contributed by atoms with Gasteiger partial charge in [-0.15, -0.1) is 0 Å². The first-order chi connectivity index (χ1) is 13.3. The van der Waals surface area contributed by atoms with Crippen molar-refractivity contribution >= 4 is 33.6 Å². The van der Waals surface area contributed by atoms with Gasteiger partial charge in [0.15, 0.2) is 0 Å². The van der Waals surface area contributed by atoms with Crippen LogP contribution in [0.2, 0.25) is 0 Å². The first-order valence-corrected chi connectivity index (χ1v) is 12.8. The zero-order chi connectivity index (χ0) is 20.6. The maximum atomic E-state index is 6.06.